The molecular weight excluding hydrogens is 452 g/mol. The van der Waals surface area contributed by atoms with Gasteiger partial charge in [-0.3, -0.25) is 9.59 Å². The van der Waals surface area contributed by atoms with Crippen molar-refractivity contribution in [2.45, 2.75) is 31.6 Å². The third-order valence-electron chi connectivity index (χ3n) is 5.72. The molecule has 1 N–H and O–H groups in total. The molecule has 8 heteroatoms. The highest BCUT2D eigenvalue weighted by molar-refractivity contribution is 7.87. The van der Waals surface area contributed by atoms with Gasteiger partial charge in [0.1, 0.15) is 10.6 Å². The molecule has 176 valence electrons. The molecule has 1 heterocycles. The summed E-state index contributed by atoms with van der Waals surface area (Å²) in [6.45, 7) is 5.08. The zero-order valence-corrected chi connectivity index (χ0v) is 19.9. The van der Waals surface area contributed by atoms with Crippen molar-refractivity contribution in [1.29, 1.82) is 0 Å². The predicted molar refractivity (Wildman–Crippen MR) is 130 cm³/mol. The molecule has 3 aromatic rings. The van der Waals surface area contributed by atoms with Gasteiger partial charge in [-0.2, -0.15) is 8.42 Å². The van der Waals surface area contributed by atoms with Gasteiger partial charge in [0.2, 0.25) is 0 Å². The topological polar surface area (TPSA) is 92.8 Å². The number of likely N-dealkylation sites (tertiary alicyclic amines) is 1. The first kappa shape index (κ1) is 23.5. The first-order valence-corrected chi connectivity index (χ1v) is 12.5. The van der Waals surface area contributed by atoms with Gasteiger partial charge in [-0.1, -0.05) is 12.1 Å². The Labute approximate surface area is 199 Å². The minimum absolute atomic E-state index is 0.00164. The van der Waals surface area contributed by atoms with Crippen LogP contribution in [-0.2, 0) is 10.1 Å². The summed E-state index contributed by atoms with van der Waals surface area (Å²) in [4.78, 5) is 27.0. The first-order valence-electron chi connectivity index (χ1n) is 11.1. The minimum Gasteiger partial charge on any atom is -0.379 e. The number of benzene rings is 3. The van der Waals surface area contributed by atoms with Gasteiger partial charge in [0.25, 0.3) is 11.8 Å². The van der Waals surface area contributed by atoms with Crippen molar-refractivity contribution in [2.24, 2.45) is 0 Å². The van der Waals surface area contributed by atoms with Gasteiger partial charge in [-0.15, -0.1) is 0 Å². The Hall–Kier alpha value is -3.65. The van der Waals surface area contributed by atoms with E-state index in [-0.39, 0.29) is 22.5 Å². The van der Waals surface area contributed by atoms with Crippen molar-refractivity contribution in [3.05, 3.63) is 89.0 Å². The highest BCUT2D eigenvalue weighted by Crippen LogP contribution is 2.23. The molecule has 2 amide bonds. The molecule has 4 rings (SSSR count). The van der Waals surface area contributed by atoms with Crippen molar-refractivity contribution in [3.8, 4) is 5.75 Å². The van der Waals surface area contributed by atoms with E-state index in [1.165, 1.54) is 24.3 Å². The maximum absolute atomic E-state index is 12.7. The maximum Gasteiger partial charge on any atom is 0.339 e. The van der Waals surface area contributed by atoms with E-state index in [2.05, 4.69) is 5.32 Å². The molecule has 1 aliphatic rings. The average Bonchev–Trinajstić information content (AvgIpc) is 3.36. The number of hydrogen-bond acceptors (Lipinski definition) is 5. The molecule has 1 saturated heterocycles. The molecule has 1 aliphatic heterocycles. The number of aryl methyl sites for hydroxylation is 2. The lowest BCUT2D eigenvalue weighted by Gasteiger charge is -2.15. The van der Waals surface area contributed by atoms with Crippen LogP contribution in [0.15, 0.2) is 71.6 Å². The van der Waals surface area contributed by atoms with Crippen LogP contribution in [0.2, 0.25) is 0 Å². The number of hydrogen-bond donors (Lipinski definition) is 1. The van der Waals surface area contributed by atoms with Gasteiger partial charge < -0.3 is 14.4 Å². The fourth-order valence-corrected chi connectivity index (χ4v) is 5.06. The Kier molecular flexibility index (Phi) is 6.70. The standard InChI is InChI=1S/C26H26N2O5S/c1-18-5-6-19(2)24(17-18)34(31,32)33-23-13-9-20(10-14-23)25(29)27-22-11-7-21(8-12-22)26(30)28-15-3-4-16-28/h5-14,17H,3-4,15-16H2,1-2H3,(H,27,29). The van der Waals surface area contributed by atoms with E-state index in [0.29, 0.717) is 22.4 Å². The van der Waals surface area contributed by atoms with Gasteiger partial charge in [-0.05, 0) is 92.4 Å². The van der Waals surface area contributed by atoms with Crippen LogP contribution >= 0.6 is 0 Å². The molecule has 0 unspecified atom stereocenters. The average molecular weight is 479 g/mol. The quantitative estimate of drug-likeness (QED) is 0.525. The maximum atomic E-state index is 12.7. The van der Waals surface area contributed by atoms with Crippen LogP contribution in [0.25, 0.3) is 0 Å². The molecule has 0 radical (unpaired) electrons. The SMILES string of the molecule is Cc1ccc(C)c(S(=O)(=O)Oc2ccc(C(=O)Nc3ccc(C(=O)N4CCCC4)cc3)cc2)c1. The summed E-state index contributed by atoms with van der Waals surface area (Å²) in [6.07, 6.45) is 2.06. The molecule has 3 aromatic carbocycles. The van der Waals surface area contributed by atoms with E-state index in [1.807, 2.05) is 17.9 Å². The van der Waals surface area contributed by atoms with Crippen molar-refractivity contribution in [3.63, 3.8) is 0 Å². The minimum atomic E-state index is -4.00. The highest BCUT2D eigenvalue weighted by Gasteiger charge is 2.21. The third-order valence-corrected chi connectivity index (χ3v) is 7.11. The second-order valence-corrected chi connectivity index (χ2v) is 9.88. The summed E-state index contributed by atoms with van der Waals surface area (Å²) in [5.41, 5.74) is 2.89. The van der Waals surface area contributed by atoms with Crippen LogP contribution in [0.5, 0.6) is 5.75 Å². The zero-order valence-electron chi connectivity index (χ0n) is 19.1. The van der Waals surface area contributed by atoms with Crippen LogP contribution in [0, 0.1) is 13.8 Å². The smallest absolute Gasteiger partial charge is 0.339 e. The Morgan fingerprint density at radius 1 is 0.853 bits per heavy atom. The molecule has 7 nitrogen and oxygen atoms in total. The number of anilines is 1. The Morgan fingerprint density at radius 3 is 2.12 bits per heavy atom. The summed E-state index contributed by atoms with van der Waals surface area (Å²) < 4.78 is 30.6. The fraction of sp³-hybridized carbons (Fsp3) is 0.231. The molecule has 0 aromatic heterocycles. The lowest BCUT2D eigenvalue weighted by atomic mass is 10.1. The number of rotatable bonds is 6. The van der Waals surface area contributed by atoms with E-state index in [4.69, 9.17) is 4.18 Å². The summed E-state index contributed by atoms with van der Waals surface area (Å²) in [5.74, 6) is -0.244. The fourth-order valence-electron chi connectivity index (χ4n) is 3.81. The van der Waals surface area contributed by atoms with E-state index < -0.39 is 10.1 Å². The molecule has 0 aliphatic carbocycles. The van der Waals surface area contributed by atoms with E-state index in [1.54, 1.807) is 43.3 Å². The summed E-state index contributed by atoms with van der Waals surface area (Å²) in [5, 5.41) is 2.78. The van der Waals surface area contributed by atoms with Crippen LogP contribution < -0.4 is 9.50 Å². The number of carbonyl (C=O) groups is 2. The van der Waals surface area contributed by atoms with Crippen LogP contribution in [0.3, 0.4) is 0 Å². The first-order chi connectivity index (χ1) is 16.2. The number of amides is 2. The lowest BCUT2D eigenvalue weighted by Crippen LogP contribution is -2.27. The summed E-state index contributed by atoms with van der Waals surface area (Å²) in [7, 11) is -4.00. The molecule has 0 saturated carbocycles. The van der Waals surface area contributed by atoms with Gasteiger partial charge in [0, 0.05) is 29.9 Å². The van der Waals surface area contributed by atoms with Crippen LogP contribution in [0.1, 0.15) is 44.7 Å². The molecule has 34 heavy (non-hydrogen) atoms. The summed E-state index contributed by atoms with van der Waals surface area (Å²) in [6, 6.07) is 17.8. The Morgan fingerprint density at radius 2 is 1.47 bits per heavy atom. The van der Waals surface area contributed by atoms with Crippen LogP contribution in [0.4, 0.5) is 5.69 Å². The van der Waals surface area contributed by atoms with Crippen molar-refractivity contribution >= 4 is 27.6 Å². The van der Waals surface area contributed by atoms with Crippen LogP contribution in [-0.4, -0.2) is 38.2 Å². The normalized spacial score (nSPS) is 13.5. The molecule has 0 atom stereocenters. The molecule has 1 fully saturated rings. The second kappa shape index (κ2) is 9.69. The van der Waals surface area contributed by atoms with Crippen molar-refractivity contribution in [1.82, 2.24) is 4.90 Å². The highest BCUT2D eigenvalue weighted by atomic mass is 32.2. The largest absolute Gasteiger partial charge is 0.379 e. The van der Waals surface area contributed by atoms with Crippen molar-refractivity contribution in [2.75, 3.05) is 18.4 Å². The zero-order chi connectivity index (χ0) is 24.3. The molecule has 0 spiro atoms. The van der Waals surface area contributed by atoms with E-state index in [0.717, 1.165) is 31.5 Å². The predicted octanol–water partition coefficient (Wildman–Crippen LogP) is 4.56. The number of carbonyl (C=O) groups excluding carboxylic acids is 2. The Balaban J connectivity index is 1.40. The van der Waals surface area contributed by atoms with Crippen molar-refractivity contribution < 1.29 is 22.2 Å². The Bertz CT molecular complexity index is 1310. The second-order valence-electron chi connectivity index (χ2n) is 8.36. The third kappa shape index (κ3) is 5.28. The van der Waals surface area contributed by atoms with Gasteiger partial charge >= 0.3 is 10.1 Å². The van der Waals surface area contributed by atoms with E-state index >= 15 is 0 Å². The molecular formula is C26H26N2O5S. The lowest BCUT2D eigenvalue weighted by molar-refractivity contribution is 0.0792. The molecule has 0 bridgehead atoms. The van der Waals surface area contributed by atoms with Gasteiger partial charge in [0.05, 0.1) is 0 Å². The van der Waals surface area contributed by atoms with E-state index in [9.17, 15) is 18.0 Å². The van der Waals surface area contributed by atoms with Gasteiger partial charge in [0.15, 0.2) is 0 Å². The summed E-state index contributed by atoms with van der Waals surface area (Å²) >= 11 is 0. The monoisotopic (exact) mass is 478 g/mol. The number of nitrogens with one attached hydrogen (secondary N) is 1. The number of nitrogens with zero attached hydrogens (tertiary/aromatic N) is 1. The van der Waals surface area contributed by atoms with Gasteiger partial charge in [-0.25, -0.2) is 0 Å².